The molecule has 3 heteroatoms. The third-order valence-corrected chi connectivity index (χ3v) is 5.03. The maximum atomic E-state index is 6.21. The van der Waals surface area contributed by atoms with Crippen LogP contribution in [0.1, 0.15) is 30.9 Å². The molecule has 0 radical (unpaired) electrons. The highest BCUT2D eigenvalue weighted by molar-refractivity contribution is 5.26. The topological polar surface area (TPSA) is 24.5 Å². The molecular formula is C18H28N2O. The first-order valence-corrected chi connectivity index (χ1v) is 8.41. The van der Waals surface area contributed by atoms with Gasteiger partial charge < -0.3 is 10.1 Å². The SMILES string of the molecule is CCNC(Cc1ccccc1C)C1CN2CCCC2CO1. The molecule has 2 aliphatic heterocycles. The average molecular weight is 288 g/mol. The number of morpholine rings is 1. The first-order valence-electron chi connectivity index (χ1n) is 8.41. The molecule has 0 aliphatic carbocycles. The van der Waals surface area contributed by atoms with E-state index in [1.807, 2.05) is 0 Å². The van der Waals surface area contributed by atoms with Crippen LogP contribution in [0, 0.1) is 6.92 Å². The van der Waals surface area contributed by atoms with Crippen LogP contribution in [-0.4, -0.2) is 49.3 Å². The Labute approximate surface area is 128 Å². The Morgan fingerprint density at radius 3 is 3.05 bits per heavy atom. The lowest BCUT2D eigenvalue weighted by Crippen LogP contribution is -2.54. The van der Waals surface area contributed by atoms with Crippen molar-refractivity contribution in [1.82, 2.24) is 10.2 Å². The molecule has 3 unspecified atom stereocenters. The number of nitrogens with zero attached hydrogens (tertiary/aromatic N) is 1. The van der Waals surface area contributed by atoms with Crippen LogP contribution < -0.4 is 5.32 Å². The Balaban J connectivity index is 1.68. The van der Waals surface area contributed by atoms with Gasteiger partial charge in [-0.25, -0.2) is 0 Å². The fraction of sp³-hybridized carbons (Fsp3) is 0.667. The van der Waals surface area contributed by atoms with E-state index in [1.54, 1.807) is 0 Å². The third-order valence-electron chi connectivity index (χ3n) is 5.03. The summed E-state index contributed by atoms with van der Waals surface area (Å²) < 4.78 is 6.21. The van der Waals surface area contributed by atoms with E-state index >= 15 is 0 Å². The van der Waals surface area contributed by atoms with Crippen LogP contribution in [0.4, 0.5) is 0 Å². The molecule has 2 aliphatic rings. The van der Waals surface area contributed by atoms with E-state index in [1.165, 1.54) is 30.5 Å². The van der Waals surface area contributed by atoms with Gasteiger partial charge in [-0.05, 0) is 50.4 Å². The van der Waals surface area contributed by atoms with Crippen LogP contribution in [-0.2, 0) is 11.2 Å². The van der Waals surface area contributed by atoms with Crippen molar-refractivity contribution in [2.45, 2.75) is 51.3 Å². The first kappa shape index (κ1) is 15.0. The predicted molar refractivity (Wildman–Crippen MR) is 86.7 cm³/mol. The summed E-state index contributed by atoms with van der Waals surface area (Å²) in [4.78, 5) is 2.64. The molecule has 0 saturated carbocycles. The number of hydrogen-bond acceptors (Lipinski definition) is 3. The fourth-order valence-electron chi connectivity index (χ4n) is 3.76. The monoisotopic (exact) mass is 288 g/mol. The van der Waals surface area contributed by atoms with Crippen molar-refractivity contribution in [2.24, 2.45) is 0 Å². The van der Waals surface area contributed by atoms with Crippen molar-refractivity contribution in [3.8, 4) is 0 Å². The number of aryl methyl sites for hydroxylation is 1. The van der Waals surface area contributed by atoms with Gasteiger partial charge in [0.2, 0.25) is 0 Å². The number of benzene rings is 1. The van der Waals surface area contributed by atoms with Crippen LogP contribution in [0.2, 0.25) is 0 Å². The van der Waals surface area contributed by atoms with E-state index in [9.17, 15) is 0 Å². The van der Waals surface area contributed by atoms with Gasteiger partial charge in [0.25, 0.3) is 0 Å². The molecule has 21 heavy (non-hydrogen) atoms. The Morgan fingerprint density at radius 2 is 2.24 bits per heavy atom. The summed E-state index contributed by atoms with van der Waals surface area (Å²) in [5.74, 6) is 0. The van der Waals surface area contributed by atoms with Gasteiger partial charge >= 0.3 is 0 Å². The Morgan fingerprint density at radius 1 is 1.38 bits per heavy atom. The minimum absolute atomic E-state index is 0.318. The normalized spacial score (nSPS) is 27.5. The molecule has 1 N–H and O–H groups in total. The second-order valence-electron chi connectivity index (χ2n) is 6.46. The summed E-state index contributed by atoms with van der Waals surface area (Å²) >= 11 is 0. The molecule has 3 nitrogen and oxygen atoms in total. The van der Waals surface area contributed by atoms with Crippen molar-refractivity contribution in [1.29, 1.82) is 0 Å². The standard InChI is InChI=1S/C18H28N2O/c1-3-19-17(11-15-8-5-4-7-14(15)2)18-12-20-10-6-9-16(20)13-21-18/h4-5,7-8,16-19H,3,6,9-13H2,1-2H3. The maximum Gasteiger partial charge on any atom is 0.0858 e. The minimum Gasteiger partial charge on any atom is -0.374 e. The number of fused-ring (bicyclic) bond motifs is 1. The van der Waals surface area contributed by atoms with Gasteiger partial charge in [-0.3, -0.25) is 4.90 Å². The summed E-state index contributed by atoms with van der Waals surface area (Å²) in [7, 11) is 0. The molecule has 3 rings (SSSR count). The van der Waals surface area contributed by atoms with Gasteiger partial charge in [0, 0.05) is 18.6 Å². The van der Waals surface area contributed by atoms with Crippen molar-refractivity contribution in [3.05, 3.63) is 35.4 Å². The molecule has 0 amide bonds. The molecular weight excluding hydrogens is 260 g/mol. The molecule has 0 spiro atoms. The molecule has 0 aromatic heterocycles. The van der Waals surface area contributed by atoms with Crippen molar-refractivity contribution in [2.75, 3.05) is 26.2 Å². The Kier molecular flexibility index (Phi) is 4.94. The summed E-state index contributed by atoms with van der Waals surface area (Å²) in [6.45, 7) is 8.66. The van der Waals surface area contributed by atoms with E-state index in [2.05, 4.69) is 48.3 Å². The smallest absolute Gasteiger partial charge is 0.0858 e. The number of rotatable bonds is 5. The summed E-state index contributed by atoms with van der Waals surface area (Å²) in [5, 5.41) is 3.66. The second-order valence-corrected chi connectivity index (χ2v) is 6.46. The average Bonchev–Trinajstić information content (AvgIpc) is 2.96. The lowest BCUT2D eigenvalue weighted by atomic mass is 9.96. The summed E-state index contributed by atoms with van der Waals surface area (Å²) in [5.41, 5.74) is 2.82. The van der Waals surface area contributed by atoms with E-state index in [0.717, 1.165) is 26.1 Å². The Bertz CT molecular complexity index is 462. The number of ether oxygens (including phenoxy) is 1. The van der Waals surface area contributed by atoms with Crippen molar-refractivity contribution < 1.29 is 4.74 Å². The molecule has 3 atom stereocenters. The molecule has 2 saturated heterocycles. The van der Waals surface area contributed by atoms with Gasteiger partial charge in [-0.2, -0.15) is 0 Å². The maximum absolute atomic E-state index is 6.21. The lowest BCUT2D eigenvalue weighted by Gasteiger charge is -2.39. The van der Waals surface area contributed by atoms with Crippen molar-refractivity contribution >= 4 is 0 Å². The van der Waals surface area contributed by atoms with E-state index < -0.39 is 0 Å². The second kappa shape index (κ2) is 6.91. The van der Waals surface area contributed by atoms with Crippen LogP contribution in [0.25, 0.3) is 0 Å². The van der Waals surface area contributed by atoms with Gasteiger partial charge in [0.15, 0.2) is 0 Å². The van der Waals surface area contributed by atoms with Crippen LogP contribution in [0.3, 0.4) is 0 Å². The van der Waals surface area contributed by atoms with E-state index in [-0.39, 0.29) is 0 Å². The van der Waals surface area contributed by atoms with E-state index in [4.69, 9.17) is 4.74 Å². The number of hydrogen-bond donors (Lipinski definition) is 1. The fourth-order valence-corrected chi connectivity index (χ4v) is 3.76. The highest BCUT2D eigenvalue weighted by atomic mass is 16.5. The summed E-state index contributed by atoms with van der Waals surface area (Å²) in [6, 6.07) is 9.81. The van der Waals surface area contributed by atoms with Crippen molar-refractivity contribution in [3.63, 3.8) is 0 Å². The highest BCUT2D eigenvalue weighted by Crippen LogP contribution is 2.25. The minimum atomic E-state index is 0.318. The molecule has 2 heterocycles. The molecule has 2 fully saturated rings. The zero-order chi connectivity index (χ0) is 14.7. The number of likely N-dealkylation sites (N-methyl/N-ethyl adjacent to an activating group) is 1. The zero-order valence-corrected chi connectivity index (χ0v) is 13.3. The molecule has 1 aromatic carbocycles. The molecule has 116 valence electrons. The summed E-state index contributed by atoms with van der Waals surface area (Å²) in [6.07, 6.45) is 4.03. The zero-order valence-electron chi connectivity index (χ0n) is 13.3. The first-order chi connectivity index (χ1) is 10.3. The van der Waals surface area contributed by atoms with Gasteiger partial charge in [-0.15, -0.1) is 0 Å². The van der Waals surface area contributed by atoms with Crippen LogP contribution >= 0.6 is 0 Å². The number of nitrogens with one attached hydrogen (secondary N) is 1. The quantitative estimate of drug-likeness (QED) is 0.900. The van der Waals surface area contributed by atoms with Gasteiger partial charge in [0.1, 0.15) is 0 Å². The van der Waals surface area contributed by atoms with Gasteiger partial charge in [0.05, 0.1) is 12.7 Å². The lowest BCUT2D eigenvalue weighted by molar-refractivity contribution is -0.0642. The van der Waals surface area contributed by atoms with Crippen LogP contribution in [0.15, 0.2) is 24.3 Å². The van der Waals surface area contributed by atoms with Crippen LogP contribution in [0.5, 0.6) is 0 Å². The third kappa shape index (κ3) is 3.47. The largest absolute Gasteiger partial charge is 0.374 e. The van der Waals surface area contributed by atoms with E-state index in [0.29, 0.717) is 18.2 Å². The predicted octanol–water partition coefficient (Wildman–Crippen LogP) is 2.38. The van der Waals surface area contributed by atoms with Gasteiger partial charge in [-0.1, -0.05) is 31.2 Å². The highest BCUT2D eigenvalue weighted by Gasteiger charge is 2.35. The molecule has 1 aromatic rings. The Hall–Kier alpha value is -0.900. The molecule has 0 bridgehead atoms.